The Bertz CT molecular complexity index is 600. The van der Waals surface area contributed by atoms with E-state index in [1.54, 1.807) is 48.3 Å². The Labute approximate surface area is 133 Å². The predicted octanol–water partition coefficient (Wildman–Crippen LogP) is 3.54. The van der Waals surface area contributed by atoms with Crippen molar-refractivity contribution in [3.05, 3.63) is 58.3 Å². The highest BCUT2D eigenvalue weighted by Crippen LogP contribution is 2.15. The molecule has 110 valence electrons. The molecule has 0 atom stereocenters. The summed E-state index contributed by atoms with van der Waals surface area (Å²) in [5, 5.41) is 1.02. The van der Waals surface area contributed by atoms with E-state index >= 15 is 0 Å². The van der Waals surface area contributed by atoms with Gasteiger partial charge in [0.25, 0.3) is 5.91 Å². The van der Waals surface area contributed by atoms with Gasteiger partial charge in [0.05, 0.1) is 12.1 Å². The van der Waals surface area contributed by atoms with E-state index in [0.29, 0.717) is 34.6 Å². The molecule has 0 unspecified atom stereocenters. The minimum Gasteiger partial charge on any atom is -0.492 e. The van der Waals surface area contributed by atoms with Crippen LogP contribution >= 0.6 is 23.2 Å². The number of benzene rings is 1. The van der Waals surface area contributed by atoms with Crippen LogP contribution in [-0.4, -0.2) is 36.0 Å². The average molecular weight is 325 g/mol. The van der Waals surface area contributed by atoms with Crippen molar-refractivity contribution >= 4 is 29.1 Å². The molecular weight excluding hydrogens is 311 g/mol. The van der Waals surface area contributed by atoms with Gasteiger partial charge in [-0.15, -0.1) is 0 Å². The van der Waals surface area contributed by atoms with E-state index in [1.807, 2.05) is 0 Å². The molecule has 1 aromatic carbocycles. The van der Waals surface area contributed by atoms with Crippen molar-refractivity contribution in [2.24, 2.45) is 0 Å². The summed E-state index contributed by atoms with van der Waals surface area (Å²) in [7, 11) is 1.71. The molecule has 6 heteroatoms. The van der Waals surface area contributed by atoms with Crippen LogP contribution in [0.1, 0.15) is 10.4 Å². The zero-order chi connectivity index (χ0) is 15.2. The summed E-state index contributed by atoms with van der Waals surface area (Å²) < 4.78 is 5.55. The van der Waals surface area contributed by atoms with E-state index in [9.17, 15) is 4.79 Å². The summed E-state index contributed by atoms with van der Waals surface area (Å²) in [6, 6.07) is 10.3. The minimum atomic E-state index is -0.126. The van der Waals surface area contributed by atoms with Crippen LogP contribution in [0.4, 0.5) is 0 Å². The van der Waals surface area contributed by atoms with E-state index in [2.05, 4.69) is 4.98 Å². The molecule has 0 aliphatic carbocycles. The molecule has 2 aromatic rings. The Kier molecular flexibility index (Phi) is 5.42. The number of rotatable bonds is 5. The molecule has 1 aromatic heterocycles. The maximum absolute atomic E-state index is 12.1. The van der Waals surface area contributed by atoms with Crippen molar-refractivity contribution in [1.29, 1.82) is 0 Å². The molecule has 1 heterocycles. The molecule has 0 bridgehead atoms. The number of hydrogen-bond acceptors (Lipinski definition) is 3. The summed E-state index contributed by atoms with van der Waals surface area (Å²) in [5.74, 6) is 0.590. The topological polar surface area (TPSA) is 42.4 Å². The highest BCUT2D eigenvalue weighted by Gasteiger charge is 2.11. The molecule has 0 N–H and O–H groups in total. The molecule has 0 saturated carbocycles. The number of amides is 1. The molecular formula is C15H14Cl2N2O2. The summed E-state index contributed by atoms with van der Waals surface area (Å²) in [5.41, 5.74) is 0.494. The predicted molar refractivity (Wildman–Crippen MR) is 83.2 cm³/mol. The fourth-order valence-corrected chi connectivity index (χ4v) is 1.89. The first kappa shape index (κ1) is 15.6. The van der Waals surface area contributed by atoms with Gasteiger partial charge in [-0.25, -0.2) is 4.98 Å². The normalized spacial score (nSPS) is 10.2. The Morgan fingerprint density at radius 2 is 1.90 bits per heavy atom. The highest BCUT2D eigenvalue weighted by molar-refractivity contribution is 6.30. The van der Waals surface area contributed by atoms with Gasteiger partial charge in [0.1, 0.15) is 17.5 Å². The lowest BCUT2D eigenvalue weighted by Gasteiger charge is -2.17. The molecule has 0 aliphatic rings. The number of likely N-dealkylation sites (N-methyl/N-ethyl adjacent to an activating group) is 1. The molecule has 0 fully saturated rings. The van der Waals surface area contributed by atoms with Crippen LogP contribution in [0.3, 0.4) is 0 Å². The third kappa shape index (κ3) is 4.62. The van der Waals surface area contributed by atoms with Crippen LogP contribution < -0.4 is 4.74 Å². The third-order valence-electron chi connectivity index (χ3n) is 2.83. The number of ether oxygens (including phenoxy) is 1. The second-order valence-electron chi connectivity index (χ2n) is 4.40. The largest absolute Gasteiger partial charge is 0.492 e. The Balaban J connectivity index is 1.83. The van der Waals surface area contributed by atoms with Crippen LogP contribution in [0.2, 0.25) is 10.2 Å². The Hall–Kier alpha value is -1.78. The number of nitrogens with zero attached hydrogens (tertiary/aromatic N) is 2. The van der Waals surface area contributed by atoms with Crippen LogP contribution in [-0.2, 0) is 0 Å². The third-order valence-corrected chi connectivity index (χ3v) is 3.31. The van der Waals surface area contributed by atoms with E-state index < -0.39 is 0 Å². The SMILES string of the molecule is CN(CCOc1ccc(Cl)cc1)C(=O)c1ccc(Cl)nc1. The molecule has 0 saturated heterocycles. The van der Waals surface area contributed by atoms with Crippen molar-refractivity contribution in [3.8, 4) is 5.75 Å². The van der Waals surface area contributed by atoms with E-state index in [1.165, 1.54) is 6.20 Å². The van der Waals surface area contributed by atoms with Crippen LogP contribution in [0.15, 0.2) is 42.6 Å². The molecule has 1 amide bonds. The van der Waals surface area contributed by atoms with Crippen molar-refractivity contribution in [2.75, 3.05) is 20.2 Å². The monoisotopic (exact) mass is 324 g/mol. The fourth-order valence-electron chi connectivity index (χ4n) is 1.66. The number of carbonyl (C=O) groups excluding carboxylic acids is 1. The highest BCUT2D eigenvalue weighted by atomic mass is 35.5. The smallest absolute Gasteiger partial charge is 0.255 e. The lowest BCUT2D eigenvalue weighted by molar-refractivity contribution is 0.0773. The summed E-state index contributed by atoms with van der Waals surface area (Å²) in [6.07, 6.45) is 1.46. The van der Waals surface area contributed by atoms with Gasteiger partial charge in [0.15, 0.2) is 0 Å². The summed E-state index contributed by atoms with van der Waals surface area (Å²) in [6.45, 7) is 0.856. The van der Waals surface area contributed by atoms with E-state index in [4.69, 9.17) is 27.9 Å². The fraction of sp³-hybridized carbons (Fsp3) is 0.200. The van der Waals surface area contributed by atoms with Crippen molar-refractivity contribution < 1.29 is 9.53 Å². The van der Waals surface area contributed by atoms with Crippen molar-refractivity contribution in [3.63, 3.8) is 0 Å². The number of aromatic nitrogens is 1. The zero-order valence-corrected chi connectivity index (χ0v) is 12.9. The van der Waals surface area contributed by atoms with Crippen molar-refractivity contribution in [2.45, 2.75) is 0 Å². The van der Waals surface area contributed by atoms with Gasteiger partial charge >= 0.3 is 0 Å². The molecule has 2 rings (SSSR count). The first-order chi connectivity index (χ1) is 10.1. The van der Waals surface area contributed by atoms with E-state index in [0.717, 1.165) is 0 Å². The molecule has 21 heavy (non-hydrogen) atoms. The van der Waals surface area contributed by atoms with Crippen LogP contribution in [0, 0.1) is 0 Å². The number of halogens is 2. The molecule has 0 spiro atoms. The number of carbonyl (C=O) groups is 1. The van der Waals surface area contributed by atoms with E-state index in [-0.39, 0.29) is 5.91 Å². The average Bonchev–Trinajstić information content (AvgIpc) is 2.49. The molecule has 4 nitrogen and oxygen atoms in total. The first-order valence-electron chi connectivity index (χ1n) is 6.31. The molecule has 0 aliphatic heterocycles. The standard InChI is InChI=1S/C15H14Cl2N2O2/c1-19(15(20)11-2-7-14(17)18-10-11)8-9-21-13-5-3-12(16)4-6-13/h2-7,10H,8-9H2,1H3. The second kappa shape index (κ2) is 7.29. The Morgan fingerprint density at radius 3 is 2.52 bits per heavy atom. The van der Waals surface area contributed by atoms with Gasteiger partial charge in [0, 0.05) is 18.3 Å². The van der Waals surface area contributed by atoms with Gasteiger partial charge in [-0.1, -0.05) is 23.2 Å². The summed E-state index contributed by atoms with van der Waals surface area (Å²) in [4.78, 5) is 17.6. The van der Waals surface area contributed by atoms with Gasteiger partial charge < -0.3 is 9.64 Å². The van der Waals surface area contributed by atoms with Gasteiger partial charge in [-0.05, 0) is 36.4 Å². The maximum atomic E-state index is 12.1. The van der Waals surface area contributed by atoms with Crippen molar-refractivity contribution in [1.82, 2.24) is 9.88 Å². The summed E-state index contributed by atoms with van der Waals surface area (Å²) >= 11 is 11.5. The number of hydrogen-bond donors (Lipinski definition) is 0. The minimum absolute atomic E-state index is 0.126. The van der Waals surface area contributed by atoms with Gasteiger partial charge in [-0.2, -0.15) is 0 Å². The van der Waals surface area contributed by atoms with Crippen LogP contribution in [0.5, 0.6) is 5.75 Å². The zero-order valence-electron chi connectivity index (χ0n) is 11.4. The Morgan fingerprint density at radius 1 is 1.19 bits per heavy atom. The maximum Gasteiger partial charge on any atom is 0.255 e. The van der Waals surface area contributed by atoms with Crippen LogP contribution in [0.25, 0.3) is 0 Å². The quantitative estimate of drug-likeness (QED) is 0.790. The van der Waals surface area contributed by atoms with Gasteiger partial charge in [0.2, 0.25) is 0 Å². The first-order valence-corrected chi connectivity index (χ1v) is 7.07. The number of pyridine rings is 1. The molecule has 0 radical (unpaired) electrons. The lowest BCUT2D eigenvalue weighted by Crippen LogP contribution is -2.30. The lowest BCUT2D eigenvalue weighted by atomic mass is 10.2. The van der Waals surface area contributed by atoms with Gasteiger partial charge in [-0.3, -0.25) is 4.79 Å². The second-order valence-corrected chi connectivity index (χ2v) is 5.22.